The zero-order chi connectivity index (χ0) is 37.7. The Balaban J connectivity index is 0.953. The molecule has 9 aromatic carbocycles. The van der Waals surface area contributed by atoms with Crippen molar-refractivity contribution in [3.05, 3.63) is 219 Å². The van der Waals surface area contributed by atoms with E-state index in [1.165, 1.54) is 88.1 Å². The second-order valence-corrected chi connectivity index (χ2v) is 14.7. The lowest BCUT2D eigenvalue weighted by Gasteiger charge is -2.18. The summed E-state index contributed by atoms with van der Waals surface area (Å²) in [5.41, 5.74) is 15.7. The Bertz CT molecular complexity index is 3240. The Morgan fingerprint density at radius 1 is 0.281 bits per heavy atom. The molecule has 2 heterocycles. The Kier molecular flexibility index (Phi) is 7.86. The van der Waals surface area contributed by atoms with Crippen molar-refractivity contribution >= 4 is 43.4 Å². The molecule has 0 saturated carbocycles. The van der Waals surface area contributed by atoms with Gasteiger partial charge in [-0.05, 0) is 114 Å². The van der Waals surface area contributed by atoms with Gasteiger partial charge in [0, 0.05) is 28.9 Å². The van der Waals surface area contributed by atoms with E-state index in [0.717, 1.165) is 16.6 Å². The maximum atomic E-state index is 4.49. The molecule has 0 unspecified atom stereocenters. The second kappa shape index (κ2) is 13.6. The smallest absolute Gasteiger partial charge is 0.0571 e. The number of aromatic nitrogens is 2. The van der Waals surface area contributed by atoms with Gasteiger partial charge in [0.25, 0.3) is 0 Å². The first-order valence-electron chi connectivity index (χ1n) is 19.5. The summed E-state index contributed by atoms with van der Waals surface area (Å²) < 4.78 is 2.33. The van der Waals surface area contributed by atoms with Gasteiger partial charge in [-0.15, -0.1) is 0 Å². The zero-order valence-electron chi connectivity index (χ0n) is 31.2. The first kappa shape index (κ1) is 32.8. The van der Waals surface area contributed by atoms with Gasteiger partial charge in [0.2, 0.25) is 0 Å². The zero-order valence-corrected chi connectivity index (χ0v) is 31.2. The fraction of sp³-hybridized carbons (Fsp3) is 0. The first-order valence-corrected chi connectivity index (χ1v) is 19.5. The maximum absolute atomic E-state index is 4.49. The topological polar surface area (TPSA) is 17.8 Å². The SMILES string of the molecule is c1ccc(-c2c3ccccc3c(-c3ccccc3)c3cc(-c4ccc(-c5ccc(-c6ccc7c(c6)c6cnccc6n7-c6ccccc6)cc5)cc4)ccc23)cc1. The van der Waals surface area contributed by atoms with Gasteiger partial charge in [-0.2, -0.15) is 0 Å². The minimum atomic E-state index is 1.15. The van der Waals surface area contributed by atoms with Gasteiger partial charge in [-0.1, -0.05) is 170 Å². The van der Waals surface area contributed by atoms with E-state index >= 15 is 0 Å². The molecule has 57 heavy (non-hydrogen) atoms. The summed E-state index contributed by atoms with van der Waals surface area (Å²) in [7, 11) is 0. The molecule has 2 heteroatoms. The van der Waals surface area contributed by atoms with Crippen LogP contribution in [0.3, 0.4) is 0 Å². The van der Waals surface area contributed by atoms with Crippen LogP contribution in [0, 0.1) is 0 Å². The van der Waals surface area contributed by atoms with Crippen molar-refractivity contribution in [3.63, 3.8) is 0 Å². The third-order valence-corrected chi connectivity index (χ3v) is 11.5. The summed E-state index contributed by atoms with van der Waals surface area (Å²) in [6.07, 6.45) is 3.86. The first-order chi connectivity index (χ1) is 28.3. The summed E-state index contributed by atoms with van der Waals surface area (Å²) in [4.78, 5) is 4.49. The summed E-state index contributed by atoms with van der Waals surface area (Å²) in [5, 5.41) is 7.41. The van der Waals surface area contributed by atoms with E-state index in [-0.39, 0.29) is 0 Å². The van der Waals surface area contributed by atoms with Crippen LogP contribution >= 0.6 is 0 Å². The quantitative estimate of drug-likeness (QED) is 0.156. The Morgan fingerprint density at radius 2 is 0.702 bits per heavy atom. The van der Waals surface area contributed by atoms with E-state index in [2.05, 4.69) is 216 Å². The van der Waals surface area contributed by atoms with E-state index in [4.69, 9.17) is 0 Å². The Labute approximate surface area is 331 Å². The van der Waals surface area contributed by atoms with E-state index in [1.54, 1.807) is 0 Å². The molecule has 11 rings (SSSR count). The fourth-order valence-electron chi connectivity index (χ4n) is 8.80. The average Bonchev–Trinajstić information content (AvgIpc) is 3.62. The number of pyridine rings is 1. The molecular weight excluding hydrogens is 689 g/mol. The molecule has 2 nitrogen and oxygen atoms in total. The van der Waals surface area contributed by atoms with Crippen LogP contribution in [0.2, 0.25) is 0 Å². The number of nitrogens with zero attached hydrogens (tertiary/aromatic N) is 2. The lowest BCUT2D eigenvalue weighted by Crippen LogP contribution is -1.93. The number of fused-ring (bicyclic) bond motifs is 5. The lowest BCUT2D eigenvalue weighted by molar-refractivity contribution is 1.17. The van der Waals surface area contributed by atoms with Gasteiger partial charge in [0.05, 0.1) is 11.0 Å². The third-order valence-electron chi connectivity index (χ3n) is 11.5. The van der Waals surface area contributed by atoms with E-state index < -0.39 is 0 Å². The number of hydrogen-bond donors (Lipinski definition) is 0. The Hall–Kier alpha value is -7.55. The number of para-hydroxylation sites is 1. The molecule has 0 bridgehead atoms. The van der Waals surface area contributed by atoms with E-state index in [0.29, 0.717) is 0 Å². The van der Waals surface area contributed by atoms with E-state index in [9.17, 15) is 0 Å². The molecule has 266 valence electrons. The lowest BCUT2D eigenvalue weighted by atomic mass is 9.85. The van der Waals surface area contributed by atoms with Gasteiger partial charge in [0.15, 0.2) is 0 Å². The van der Waals surface area contributed by atoms with Crippen LogP contribution in [0.5, 0.6) is 0 Å². The fourth-order valence-corrected chi connectivity index (χ4v) is 8.80. The van der Waals surface area contributed by atoms with Crippen molar-refractivity contribution in [1.29, 1.82) is 0 Å². The Morgan fingerprint density at radius 3 is 1.28 bits per heavy atom. The largest absolute Gasteiger partial charge is 0.309 e. The molecule has 0 spiro atoms. The summed E-state index contributed by atoms with van der Waals surface area (Å²) >= 11 is 0. The standard InChI is InChI=1S/C55H36N2/c1-4-12-41(13-5-1)54-46-18-10-11-19-47(46)55(42-14-6-2-7-15-42)50-35-43(28-30-48(50)54)39-24-20-37(21-25-39)38-22-26-40(27-23-38)44-29-31-52-49(34-44)51-36-56-33-32-53(51)57(52)45-16-8-3-9-17-45/h1-36H. The molecule has 0 amide bonds. The molecule has 0 aliphatic heterocycles. The van der Waals surface area contributed by atoms with Crippen molar-refractivity contribution in [1.82, 2.24) is 9.55 Å². The van der Waals surface area contributed by atoms with Crippen LogP contribution in [0.15, 0.2) is 219 Å². The van der Waals surface area contributed by atoms with Crippen LogP contribution < -0.4 is 0 Å². The average molecular weight is 725 g/mol. The molecule has 2 aromatic heterocycles. The normalized spacial score (nSPS) is 11.5. The van der Waals surface area contributed by atoms with Gasteiger partial charge in [-0.3, -0.25) is 4.98 Å². The van der Waals surface area contributed by atoms with Crippen molar-refractivity contribution < 1.29 is 0 Å². The number of hydrogen-bond acceptors (Lipinski definition) is 1. The molecule has 11 aromatic rings. The van der Waals surface area contributed by atoms with Gasteiger partial charge < -0.3 is 4.57 Å². The van der Waals surface area contributed by atoms with Crippen LogP contribution in [-0.2, 0) is 0 Å². The predicted molar refractivity (Wildman–Crippen MR) is 241 cm³/mol. The highest BCUT2D eigenvalue weighted by Crippen LogP contribution is 2.45. The molecule has 0 N–H and O–H groups in total. The van der Waals surface area contributed by atoms with Crippen LogP contribution in [0.1, 0.15) is 0 Å². The van der Waals surface area contributed by atoms with E-state index in [1.807, 2.05) is 12.4 Å². The van der Waals surface area contributed by atoms with Gasteiger partial charge in [0.1, 0.15) is 0 Å². The number of benzene rings is 9. The summed E-state index contributed by atoms with van der Waals surface area (Å²) in [5.74, 6) is 0. The highest BCUT2D eigenvalue weighted by atomic mass is 15.0. The highest BCUT2D eigenvalue weighted by molar-refractivity contribution is 6.22. The molecule has 0 fully saturated rings. The summed E-state index contributed by atoms with van der Waals surface area (Å²) in [6.45, 7) is 0. The van der Waals surface area contributed by atoms with Crippen LogP contribution in [-0.4, -0.2) is 9.55 Å². The third kappa shape index (κ3) is 5.61. The molecule has 0 atom stereocenters. The number of rotatable bonds is 6. The molecule has 0 aliphatic carbocycles. The van der Waals surface area contributed by atoms with Crippen LogP contribution in [0.25, 0.3) is 105 Å². The maximum Gasteiger partial charge on any atom is 0.0571 e. The van der Waals surface area contributed by atoms with Crippen molar-refractivity contribution in [3.8, 4) is 61.3 Å². The van der Waals surface area contributed by atoms with Crippen molar-refractivity contribution in [2.45, 2.75) is 0 Å². The van der Waals surface area contributed by atoms with Crippen molar-refractivity contribution in [2.24, 2.45) is 0 Å². The minimum absolute atomic E-state index is 1.15. The predicted octanol–water partition coefficient (Wildman–Crippen LogP) is 14.8. The second-order valence-electron chi connectivity index (χ2n) is 14.7. The van der Waals surface area contributed by atoms with Gasteiger partial charge in [-0.25, -0.2) is 0 Å². The molecule has 0 saturated heterocycles. The summed E-state index contributed by atoms with van der Waals surface area (Å²) in [6, 6.07) is 74.9. The van der Waals surface area contributed by atoms with Gasteiger partial charge >= 0.3 is 0 Å². The van der Waals surface area contributed by atoms with Crippen LogP contribution in [0.4, 0.5) is 0 Å². The molecule has 0 aliphatic rings. The molecular formula is C55H36N2. The monoisotopic (exact) mass is 724 g/mol. The van der Waals surface area contributed by atoms with Crippen molar-refractivity contribution in [2.75, 3.05) is 0 Å². The highest BCUT2D eigenvalue weighted by Gasteiger charge is 2.18. The minimum Gasteiger partial charge on any atom is -0.309 e. The molecule has 0 radical (unpaired) electrons.